The minimum Gasteiger partial charge on any atom is -0.480 e. The van der Waals surface area contributed by atoms with E-state index in [1.54, 1.807) is 0 Å². The zero-order valence-corrected chi connectivity index (χ0v) is 9.18. The third-order valence-electron chi connectivity index (χ3n) is 2.71. The summed E-state index contributed by atoms with van der Waals surface area (Å²) < 4.78 is 4.94. The predicted molar refractivity (Wildman–Crippen MR) is 59.4 cm³/mol. The van der Waals surface area contributed by atoms with Crippen LogP contribution in [0.15, 0.2) is 30.3 Å². The van der Waals surface area contributed by atoms with Crippen molar-refractivity contribution in [2.45, 2.75) is 25.0 Å². The van der Waals surface area contributed by atoms with Crippen molar-refractivity contribution in [1.82, 2.24) is 5.32 Å². The van der Waals surface area contributed by atoms with E-state index in [0.717, 1.165) is 5.56 Å². The molecule has 1 amide bonds. The van der Waals surface area contributed by atoms with Crippen LogP contribution in [0.1, 0.15) is 18.4 Å². The number of carboxylic acid groups (broad SMARTS) is 1. The Morgan fingerprint density at radius 1 is 1.29 bits per heavy atom. The molecule has 90 valence electrons. The fourth-order valence-corrected chi connectivity index (χ4v) is 1.47. The minimum atomic E-state index is -1.09. The van der Waals surface area contributed by atoms with Crippen molar-refractivity contribution in [3.8, 4) is 0 Å². The lowest BCUT2D eigenvalue weighted by Crippen LogP contribution is -2.43. The molecule has 0 bridgehead atoms. The van der Waals surface area contributed by atoms with E-state index in [2.05, 4.69) is 5.32 Å². The van der Waals surface area contributed by atoms with E-state index in [1.165, 1.54) is 0 Å². The normalized spacial score (nSPS) is 16.0. The van der Waals surface area contributed by atoms with E-state index in [4.69, 9.17) is 9.84 Å². The molecule has 2 N–H and O–H groups in total. The Labute approximate surface area is 98.4 Å². The topological polar surface area (TPSA) is 75.6 Å². The van der Waals surface area contributed by atoms with Crippen LogP contribution < -0.4 is 5.32 Å². The van der Waals surface area contributed by atoms with Gasteiger partial charge in [0.25, 0.3) is 0 Å². The van der Waals surface area contributed by atoms with Crippen LogP contribution in [-0.2, 0) is 16.1 Å². The summed E-state index contributed by atoms with van der Waals surface area (Å²) in [4.78, 5) is 22.2. The van der Waals surface area contributed by atoms with Crippen molar-refractivity contribution in [3.63, 3.8) is 0 Å². The maximum Gasteiger partial charge on any atom is 0.408 e. The van der Waals surface area contributed by atoms with Gasteiger partial charge in [0.1, 0.15) is 12.1 Å². The molecule has 1 aromatic rings. The number of hydrogen-bond donors (Lipinski definition) is 2. The highest BCUT2D eigenvalue weighted by molar-refractivity contribution is 5.87. The molecular weight excluding hydrogens is 222 g/mol. The second kappa shape index (κ2) is 4.45. The van der Waals surface area contributed by atoms with Gasteiger partial charge in [-0.1, -0.05) is 30.3 Å². The summed E-state index contributed by atoms with van der Waals surface area (Å²) >= 11 is 0. The summed E-state index contributed by atoms with van der Waals surface area (Å²) in [6, 6.07) is 9.22. The molecule has 0 unspecified atom stereocenters. The van der Waals surface area contributed by atoms with E-state index < -0.39 is 17.6 Å². The zero-order chi connectivity index (χ0) is 12.3. The molecule has 0 atom stereocenters. The lowest BCUT2D eigenvalue weighted by molar-refractivity contribution is -0.140. The Hall–Kier alpha value is -2.04. The van der Waals surface area contributed by atoms with Crippen molar-refractivity contribution >= 4 is 12.1 Å². The number of aliphatic carboxylic acids is 1. The minimum absolute atomic E-state index is 0.141. The fourth-order valence-electron chi connectivity index (χ4n) is 1.47. The van der Waals surface area contributed by atoms with Gasteiger partial charge >= 0.3 is 12.1 Å². The van der Waals surface area contributed by atoms with Gasteiger partial charge in [0.15, 0.2) is 0 Å². The van der Waals surface area contributed by atoms with Gasteiger partial charge in [0.2, 0.25) is 0 Å². The van der Waals surface area contributed by atoms with Gasteiger partial charge in [0.05, 0.1) is 0 Å². The Kier molecular flexibility index (Phi) is 2.99. The quantitative estimate of drug-likeness (QED) is 0.829. The first-order chi connectivity index (χ1) is 8.12. The third kappa shape index (κ3) is 2.75. The van der Waals surface area contributed by atoms with Gasteiger partial charge < -0.3 is 15.2 Å². The molecule has 1 aromatic carbocycles. The first-order valence-corrected chi connectivity index (χ1v) is 5.35. The van der Waals surface area contributed by atoms with E-state index in [0.29, 0.717) is 12.8 Å². The van der Waals surface area contributed by atoms with E-state index in [1.807, 2.05) is 30.3 Å². The number of carboxylic acids is 1. The first-order valence-electron chi connectivity index (χ1n) is 5.35. The number of alkyl carbamates (subject to hydrolysis) is 1. The Balaban J connectivity index is 1.81. The maximum absolute atomic E-state index is 11.4. The van der Waals surface area contributed by atoms with Crippen molar-refractivity contribution in [2.75, 3.05) is 0 Å². The molecule has 1 aliphatic carbocycles. The van der Waals surface area contributed by atoms with Crippen LogP contribution in [0.5, 0.6) is 0 Å². The molecule has 0 aromatic heterocycles. The second-order valence-corrected chi connectivity index (χ2v) is 4.07. The number of hydrogen-bond acceptors (Lipinski definition) is 3. The van der Waals surface area contributed by atoms with Crippen LogP contribution in [0.25, 0.3) is 0 Å². The first kappa shape index (κ1) is 11.4. The number of nitrogens with one attached hydrogen (secondary N) is 1. The Morgan fingerprint density at radius 2 is 1.94 bits per heavy atom. The van der Waals surface area contributed by atoms with Crippen LogP contribution in [-0.4, -0.2) is 22.7 Å². The number of carbonyl (C=O) groups excluding carboxylic acids is 1. The highest BCUT2D eigenvalue weighted by atomic mass is 16.5. The van der Waals surface area contributed by atoms with Crippen LogP contribution in [0.4, 0.5) is 4.79 Å². The molecule has 1 aliphatic rings. The monoisotopic (exact) mass is 235 g/mol. The molecule has 5 heteroatoms. The van der Waals surface area contributed by atoms with Gasteiger partial charge in [-0.3, -0.25) is 0 Å². The van der Waals surface area contributed by atoms with E-state index in [-0.39, 0.29) is 6.61 Å². The Morgan fingerprint density at radius 3 is 2.47 bits per heavy atom. The SMILES string of the molecule is O=C(NC1(C(=O)O)CC1)OCc1ccccc1. The highest BCUT2D eigenvalue weighted by Gasteiger charge is 2.52. The van der Waals surface area contributed by atoms with Gasteiger partial charge in [-0.25, -0.2) is 9.59 Å². The highest BCUT2D eigenvalue weighted by Crippen LogP contribution is 2.35. The van der Waals surface area contributed by atoms with Crippen LogP contribution in [0.3, 0.4) is 0 Å². The molecule has 0 heterocycles. The van der Waals surface area contributed by atoms with Crippen molar-refractivity contribution in [3.05, 3.63) is 35.9 Å². The lowest BCUT2D eigenvalue weighted by atomic mass is 10.2. The van der Waals surface area contributed by atoms with Gasteiger partial charge in [0, 0.05) is 0 Å². The smallest absolute Gasteiger partial charge is 0.408 e. The molecule has 0 aliphatic heterocycles. The number of ether oxygens (including phenoxy) is 1. The largest absolute Gasteiger partial charge is 0.480 e. The molecule has 1 saturated carbocycles. The number of amides is 1. The molecule has 5 nitrogen and oxygen atoms in total. The molecule has 1 fully saturated rings. The summed E-state index contributed by atoms with van der Waals surface area (Å²) in [5.41, 5.74) is -0.226. The molecule has 17 heavy (non-hydrogen) atoms. The molecule has 0 radical (unpaired) electrons. The van der Waals surface area contributed by atoms with E-state index >= 15 is 0 Å². The van der Waals surface area contributed by atoms with Crippen molar-refractivity contribution in [2.24, 2.45) is 0 Å². The van der Waals surface area contributed by atoms with Gasteiger partial charge in [-0.2, -0.15) is 0 Å². The van der Waals surface area contributed by atoms with Crippen LogP contribution in [0, 0.1) is 0 Å². The van der Waals surface area contributed by atoms with Gasteiger partial charge in [-0.05, 0) is 18.4 Å². The number of carbonyl (C=O) groups is 2. The number of benzene rings is 1. The summed E-state index contributed by atoms with van der Waals surface area (Å²) in [5.74, 6) is -1.01. The molecule has 2 rings (SSSR count). The summed E-state index contributed by atoms with van der Waals surface area (Å²) in [6.45, 7) is 0.141. The average molecular weight is 235 g/mol. The fraction of sp³-hybridized carbons (Fsp3) is 0.333. The van der Waals surface area contributed by atoms with Gasteiger partial charge in [-0.15, -0.1) is 0 Å². The second-order valence-electron chi connectivity index (χ2n) is 4.07. The standard InChI is InChI=1S/C12H13NO4/c14-10(15)12(6-7-12)13-11(16)17-8-9-4-2-1-3-5-9/h1-5H,6-8H2,(H,13,16)(H,14,15). The van der Waals surface area contributed by atoms with Crippen LogP contribution in [0.2, 0.25) is 0 Å². The van der Waals surface area contributed by atoms with Crippen LogP contribution >= 0.6 is 0 Å². The summed E-state index contributed by atoms with van der Waals surface area (Å²) in [7, 11) is 0. The molecule has 0 saturated heterocycles. The summed E-state index contributed by atoms with van der Waals surface area (Å²) in [5, 5.41) is 11.2. The van der Waals surface area contributed by atoms with Crippen molar-refractivity contribution < 1.29 is 19.4 Å². The third-order valence-corrected chi connectivity index (χ3v) is 2.71. The van der Waals surface area contributed by atoms with Crippen molar-refractivity contribution in [1.29, 1.82) is 0 Å². The summed E-state index contributed by atoms with van der Waals surface area (Å²) in [6.07, 6.45) is 0.236. The number of rotatable bonds is 4. The maximum atomic E-state index is 11.4. The Bertz CT molecular complexity index is 425. The molecular formula is C12H13NO4. The lowest BCUT2D eigenvalue weighted by Gasteiger charge is -2.12. The zero-order valence-electron chi connectivity index (χ0n) is 9.18. The predicted octanol–water partition coefficient (Wildman–Crippen LogP) is 1.53. The molecule has 0 spiro atoms. The average Bonchev–Trinajstić information content (AvgIpc) is 3.09. The van der Waals surface area contributed by atoms with E-state index in [9.17, 15) is 9.59 Å².